The molecule has 1 fully saturated rings. The van der Waals surface area contributed by atoms with Crippen LogP contribution < -0.4 is 4.90 Å². The summed E-state index contributed by atoms with van der Waals surface area (Å²) in [6, 6.07) is 3.29. The smallest absolute Gasteiger partial charge is 0.358 e. The molecule has 3 aromatic heterocycles. The molecule has 0 bridgehead atoms. The minimum absolute atomic E-state index is 0.0780. The lowest BCUT2D eigenvalue weighted by Gasteiger charge is -2.33. The van der Waals surface area contributed by atoms with E-state index < -0.39 is 14.9 Å². The Morgan fingerprint density at radius 3 is 2.56 bits per heavy atom. The van der Waals surface area contributed by atoms with Gasteiger partial charge in [-0.2, -0.15) is 13.7 Å². The first-order chi connectivity index (χ1) is 12.0. The second kappa shape index (κ2) is 6.05. The summed E-state index contributed by atoms with van der Waals surface area (Å²) >= 11 is 2.51. The topological polar surface area (TPSA) is 101 Å². The van der Waals surface area contributed by atoms with Gasteiger partial charge in [0.2, 0.25) is 5.82 Å². The average molecular weight is 399 g/mol. The molecule has 4 heterocycles. The summed E-state index contributed by atoms with van der Waals surface area (Å²) in [5.74, 6) is 0.218. The molecule has 3 aromatic rings. The molecule has 0 spiro atoms. The lowest BCUT2D eigenvalue weighted by molar-refractivity contribution is -0.389. The largest absolute Gasteiger partial charge is 0.373 e. The molecule has 0 atom stereocenters. The van der Waals surface area contributed by atoms with Gasteiger partial charge in [-0.1, -0.05) is 17.4 Å². The third kappa shape index (κ3) is 2.70. The molecule has 25 heavy (non-hydrogen) atoms. The van der Waals surface area contributed by atoms with Crippen LogP contribution in [0.3, 0.4) is 0 Å². The van der Waals surface area contributed by atoms with Gasteiger partial charge in [0.05, 0.1) is 0 Å². The lowest BCUT2D eigenvalue weighted by Crippen LogP contribution is -2.48. The van der Waals surface area contributed by atoms with E-state index in [0.717, 1.165) is 0 Å². The molecule has 132 valence electrons. The van der Waals surface area contributed by atoms with Crippen molar-refractivity contribution >= 4 is 49.3 Å². The number of piperazine rings is 1. The van der Waals surface area contributed by atoms with Crippen LogP contribution in [0.5, 0.6) is 0 Å². The van der Waals surface area contributed by atoms with Gasteiger partial charge in [0.25, 0.3) is 15.0 Å². The number of thiazole rings is 1. The molecule has 4 rings (SSSR count). The van der Waals surface area contributed by atoms with Gasteiger partial charge < -0.3 is 15.0 Å². The predicted octanol–water partition coefficient (Wildman–Crippen LogP) is 1.88. The van der Waals surface area contributed by atoms with Crippen LogP contribution in [0.4, 0.5) is 11.6 Å². The molecule has 1 aliphatic rings. The Labute approximate surface area is 150 Å². The maximum absolute atomic E-state index is 12.6. The van der Waals surface area contributed by atoms with E-state index in [0.29, 0.717) is 28.1 Å². The lowest BCUT2D eigenvalue weighted by atomic mass is 10.3. The van der Waals surface area contributed by atoms with Crippen LogP contribution in [-0.4, -0.2) is 53.2 Å². The van der Waals surface area contributed by atoms with Gasteiger partial charge in [-0.3, -0.25) is 0 Å². The van der Waals surface area contributed by atoms with E-state index in [-0.39, 0.29) is 18.9 Å². The number of sulfonamides is 1. The van der Waals surface area contributed by atoms with Crippen LogP contribution in [0.2, 0.25) is 0 Å². The summed E-state index contributed by atoms with van der Waals surface area (Å²) in [4.78, 5) is 17.7. The first-order valence-electron chi connectivity index (χ1n) is 7.37. The fraction of sp³-hybridized carbons (Fsp3) is 0.308. The van der Waals surface area contributed by atoms with Crippen molar-refractivity contribution < 1.29 is 13.3 Å². The van der Waals surface area contributed by atoms with Crippen LogP contribution in [0, 0.1) is 10.1 Å². The van der Waals surface area contributed by atoms with E-state index in [1.165, 1.54) is 31.4 Å². The molecule has 0 unspecified atom stereocenters. The molecule has 0 radical (unpaired) electrons. The van der Waals surface area contributed by atoms with Crippen LogP contribution in [0.25, 0.3) is 4.96 Å². The Kier molecular flexibility index (Phi) is 3.98. The molecule has 12 heteroatoms. The normalized spacial score (nSPS) is 16.6. The van der Waals surface area contributed by atoms with Crippen LogP contribution in [0.15, 0.2) is 33.3 Å². The van der Waals surface area contributed by atoms with Crippen molar-refractivity contribution in [3.05, 3.63) is 39.2 Å². The third-order valence-corrected chi connectivity index (χ3v) is 8.05. The molecular formula is C13H13N5O4S3. The minimum Gasteiger partial charge on any atom is -0.358 e. The molecule has 0 aliphatic carbocycles. The highest BCUT2D eigenvalue weighted by Crippen LogP contribution is 2.32. The number of hydrogen-bond acceptors (Lipinski definition) is 8. The first kappa shape index (κ1) is 16.4. The fourth-order valence-corrected chi connectivity index (χ4v) is 6.09. The Morgan fingerprint density at radius 2 is 1.92 bits per heavy atom. The SMILES string of the molecule is O=[N+]([O-])c1c(N2CCN(S(=O)(=O)c3cccs3)CC2)nc2sccn12. The molecule has 0 amide bonds. The maximum Gasteiger partial charge on any atom is 0.373 e. The average Bonchev–Trinajstić information content (AvgIpc) is 3.31. The van der Waals surface area contributed by atoms with Gasteiger partial charge in [-0.05, 0) is 16.4 Å². The van der Waals surface area contributed by atoms with E-state index in [2.05, 4.69) is 4.98 Å². The number of thiophene rings is 1. The van der Waals surface area contributed by atoms with Crippen molar-refractivity contribution in [2.45, 2.75) is 4.21 Å². The van der Waals surface area contributed by atoms with E-state index in [4.69, 9.17) is 0 Å². The highest BCUT2D eigenvalue weighted by atomic mass is 32.2. The summed E-state index contributed by atoms with van der Waals surface area (Å²) in [5.41, 5.74) is 0. The molecule has 1 aliphatic heterocycles. The van der Waals surface area contributed by atoms with Crippen molar-refractivity contribution in [1.82, 2.24) is 13.7 Å². The van der Waals surface area contributed by atoms with E-state index >= 15 is 0 Å². The van der Waals surface area contributed by atoms with Crippen LogP contribution in [0.1, 0.15) is 0 Å². The number of nitro groups is 1. The number of hydrogen-bond donors (Lipinski definition) is 0. The molecule has 9 nitrogen and oxygen atoms in total. The van der Waals surface area contributed by atoms with Gasteiger partial charge in [-0.15, -0.1) is 11.3 Å². The number of aromatic nitrogens is 2. The molecule has 0 N–H and O–H groups in total. The Morgan fingerprint density at radius 1 is 1.16 bits per heavy atom. The van der Waals surface area contributed by atoms with Crippen molar-refractivity contribution in [2.24, 2.45) is 0 Å². The Bertz CT molecular complexity index is 1020. The minimum atomic E-state index is -3.50. The third-order valence-electron chi connectivity index (χ3n) is 4.02. The van der Waals surface area contributed by atoms with Crippen molar-refractivity contribution in [3.8, 4) is 0 Å². The predicted molar refractivity (Wildman–Crippen MR) is 95.0 cm³/mol. The van der Waals surface area contributed by atoms with Crippen molar-refractivity contribution in [1.29, 1.82) is 0 Å². The zero-order valence-electron chi connectivity index (χ0n) is 12.8. The van der Waals surface area contributed by atoms with Gasteiger partial charge in [0.1, 0.15) is 10.4 Å². The molecular weight excluding hydrogens is 386 g/mol. The van der Waals surface area contributed by atoms with Gasteiger partial charge in [0.15, 0.2) is 0 Å². The van der Waals surface area contributed by atoms with Gasteiger partial charge in [0, 0.05) is 31.6 Å². The Balaban J connectivity index is 1.58. The first-order valence-corrected chi connectivity index (χ1v) is 10.6. The van der Waals surface area contributed by atoms with E-state index in [1.807, 2.05) is 0 Å². The summed E-state index contributed by atoms with van der Waals surface area (Å²) in [7, 11) is -3.50. The second-order valence-corrected chi connectivity index (χ2v) is 9.38. The molecule has 0 aromatic carbocycles. The highest BCUT2D eigenvalue weighted by molar-refractivity contribution is 7.91. The van der Waals surface area contributed by atoms with Crippen LogP contribution >= 0.6 is 22.7 Å². The van der Waals surface area contributed by atoms with E-state index in [1.54, 1.807) is 34.0 Å². The standard InChI is InChI=1S/C13H13N5O4S3/c19-18(20)12-11(14-13-17(12)7-9-24-13)15-3-5-16(6-4-15)25(21,22)10-2-1-8-23-10/h1-2,7-9H,3-6H2. The Hall–Kier alpha value is -2.02. The second-order valence-electron chi connectivity index (χ2n) is 5.39. The number of fused-ring (bicyclic) bond motifs is 1. The number of rotatable bonds is 4. The van der Waals surface area contributed by atoms with Crippen molar-refractivity contribution in [3.63, 3.8) is 0 Å². The van der Waals surface area contributed by atoms with Gasteiger partial charge in [-0.25, -0.2) is 8.42 Å². The monoisotopic (exact) mass is 399 g/mol. The number of anilines is 1. The zero-order valence-corrected chi connectivity index (χ0v) is 15.3. The van der Waals surface area contributed by atoms with Gasteiger partial charge >= 0.3 is 5.82 Å². The number of nitrogens with zero attached hydrogens (tertiary/aromatic N) is 5. The van der Waals surface area contributed by atoms with Crippen molar-refractivity contribution in [2.75, 3.05) is 31.1 Å². The van der Waals surface area contributed by atoms with Crippen LogP contribution in [-0.2, 0) is 10.0 Å². The molecule has 0 saturated carbocycles. The van der Waals surface area contributed by atoms with E-state index in [9.17, 15) is 18.5 Å². The zero-order chi connectivity index (χ0) is 17.6. The summed E-state index contributed by atoms with van der Waals surface area (Å²) in [6.07, 6.45) is 1.62. The number of imidazole rings is 1. The maximum atomic E-state index is 12.6. The highest BCUT2D eigenvalue weighted by Gasteiger charge is 2.34. The molecule has 1 saturated heterocycles. The quantitative estimate of drug-likeness (QED) is 0.490. The summed E-state index contributed by atoms with van der Waals surface area (Å²) in [5, 5.41) is 14.9. The fourth-order valence-electron chi connectivity index (χ4n) is 2.82. The summed E-state index contributed by atoms with van der Waals surface area (Å²) in [6.45, 7) is 1.25. The summed E-state index contributed by atoms with van der Waals surface area (Å²) < 4.78 is 28.3.